The van der Waals surface area contributed by atoms with E-state index < -0.39 is 0 Å². The van der Waals surface area contributed by atoms with Crippen molar-refractivity contribution in [2.24, 2.45) is 5.41 Å². The van der Waals surface area contributed by atoms with E-state index in [-0.39, 0.29) is 11.3 Å². The van der Waals surface area contributed by atoms with Crippen LogP contribution in [0.15, 0.2) is 48.8 Å². The van der Waals surface area contributed by atoms with E-state index in [4.69, 9.17) is 0 Å². The number of nitrogens with zero attached hydrogens (tertiary/aromatic N) is 2. The molecule has 0 spiro atoms. The standard InChI is InChI=1S/C17H22N2O/c1-17(2,3)13-18(4)16(20)14-7-9-15(10-8-14)19-11-5-6-12-19/h5-12H,13H2,1-4H3. The van der Waals surface area contributed by atoms with Crippen LogP contribution in [0.25, 0.3) is 5.69 Å². The lowest BCUT2D eigenvalue weighted by Crippen LogP contribution is -2.34. The number of carbonyl (C=O) groups is 1. The van der Waals surface area contributed by atoms with E-state index in [1.54, 1.807) is 4.90 Å². The van der Waals surface area contributed by atoms with Gasteiger partial charge in [-0.05, 0) is 41.8 Å². The predicted octanol–water partition coefficient (Wildman–Crippen LogP) is 3.60. The second kappa shape index (κ2) is 5.53. The van der Waals surface area contributed by atoms with Gasteiger partial charge in [0.25, 0.3) is 5.91 Å². The minimum absolute atomic E-state index is 0.0685. The summed E-state index contributed by atoms with van der Waals surface area (Å²) < 4.78 is 2.02. The second-order valence-electron chi connectivity index (χ2n) is 6.36. The van der Waals surface area contributed by atoms with E-state index in [1.165, 1.54) is 0 Å². The summed E-state index contributed by atoms with van der Waals surface area (Å²) in [6.45, 7) is 7.13. The highest BCUT2D eigenvalue weighted by Gasteiger charge is 2.18. The van der Waals surface area contributed by atoms with E-state index in [1.807, 2.05) is 60.4 Å². The molecule has 0 atom stereocenters. The average molecular weight is 270 g/mol. The van der Waals surface area contributed by atoms with Gasteiger partial charge < -0.3 is 9.47 Å². The van der Waals surface area contributed by atoms with Gasteiger partial charge in [0.05, 0.1) is 0 Å². The number of benzene rings is 1. The summed E-state index contributed by atoms with van der Waals surface area (Å²) in [5.74, 6) is 0.0685. The lowest BCUT2D eigenvalue weighted by atomic mass is 9.96. The van der Waals surface area contributed by atoms with Crippen LogP contribution in [0.5, 0.6) is 0 Å². The first kappa shape index (κ1) is 14.4. The van der Waals surface area contributed by atoms with Crippen molar-refractivity contribution in [2.45, 2.75) is 20.8 Å². The van der Waals surface area contributed by atoms with Crippen molar-refractivity contribution in [1.29, 1.82) is 0 Å². The van der Waals surface area contributed by atoms with Crippen LogP contribution in [-0.2, 0) is 0 Å². The summed E-state index contributed by atoms with van der Waals surface area (Å²) in [4.78, 5) is 14.1. The highest BCUT2D eigenvalue weighted by atomic mass is 16.2. The van der Waals surface area contributed by atoms with E-state index in [9.17, 15) is 4.79 Å². The van der Waals surface area contributed by atoms with Gasteiger partial charge in [-0.3, -0.25) is 4.79 Å². The number of amides is 1. The molecule has 106 valence electrons. The molecule has 2 rings (SSSR count). The molecule has 1 aromatic heterocycles. The monoisotopic (exact) mass is 270 g/mol. The van der Waals surface area contributed by atoms with Crippen LogP contribution in [-0.4, -0.2) is 29.0 Å². The summed E-state index contributed by atoms with van der Waals surface area (Å²) in [7, 11) is 1.85. The van der Waals surface area contributed by atoms with Crippen LogP contribution < -0.4 is 0 Å². The first-order valence-electron chi connectivity index (χ1n) is 6.86. The molecule has 0 saturated carbocycles. The highest BCUT2D eigenvalue weighted by Crippen LogP contribution is 2.17. The van der Waals surface area contributed by atoms with Gasteiger partial charge in [0, 0.05) is 37.2 Å². The Labute approximate surface area is 120 Å². The van der Waals surface area contributed by atoms with Gasteiger partial charge in [0.2, 0.25) is 0 Å². The third-order valence-corrected chi connectivity index (χ3v) is 3.08. The molecule has 0 aliphatic carbocycles. The molecule has 0 aliphatic rings. The summed E-state index contributed by atoms with van der Waals surface area (Å²) in [5, 5.41) is 0. The molecule has 1 heterocycles. The molecule has 2 aromatic rings. The fraction of sp³-hybridized carbons (Fsp3) is 0.353. The van der Waals surface area contributed by atoms with Gasteiger partial charge in [-0.1, -0.05) is 20.8 Å². The van der Waals surface area contributed by atoms with Crippen LogP contribution in [0.3, 0.4) is 0 Å². The molecule has 3 heteroatoms. The molecule has 0 bridgehead atoms. The zero-order chi connectivity index (χ0) is 14.8. The quantitative estimate of drug-likeness (QED) is 0.836. The van der Waals surface area contributed by atoms with E-state index in [0.717, 1.165) is 17.8 Å². The van der Waals surface area contributed by atoms with Gasteiger partial charge >= 0.3 is 0 Å². The Kier molecular flexibility index (Phi) is 3.98. The number of hydrogen-bond acceptors (Lipinski definition) is 1. The maximum absolute atomic E-state index is 12.3. The van der Waals surface area contributed by atoms with Crippen molar-refractivity contribution in [2.75, 3.05) is 13.6 Å². The highest BCUT2D eigenvalue weighted by molar-refractivity contribution is 5.94. The molecular formula is C17H22N2O. The maximum Gasteiger partial charge on any atom is 0.253 e. The third-order valence-electron chi connectivity index (χ3n) is 3.08. The molecule has 1 amide bonds. The van der Waals surface area contributed by atoms with Crippen molar-refractivity contribution >= 4 is 5.91 Å². The fourth-order valence-corrected chi connectivity index (χ4v) is 2.29. The van der Waals surface area contributed by atoms with E-state index >= 15 is 0 Å². The summed E-state index contributed by atoms with van der Waals surface area (Å²) in [6, 6.07) is 11.7. The normalized spacial score (nSPS) is 11.4. The number of rotatable bonds is 3. The summed E-state index contributed by atoms with van der Waals surface area (Å²) in [6.07, 6.45) is 3.98. The second-order valence-corrected chi connectivity index (χ2v) is 6.36. The average Bonchev–Trinajstić information content (AvgIpc) is 2.90. The lowest BCUT2D eigenvalue weighted by molar-refractivity contribution is 0.0745. The smallest absolute Gasteiger partial charge is 0.253 e. The van der Waals surface area contributed by atoms with Gasteiger partial charge in [0.15, 0.2) is 0 Å². The topological polar surface area (TPSA) is 25.2 Å². The molecule has 0 saturated heterocycles. The van der Waals surface area contributed by atoms with Gasteiger partial charge in [-0.25, -0.2) is 0 Å². The van der Waals surface area contributed by atoms with E-state index in [2.05, 4.69) is 20.8 Å². The maximum atomic E-state index is 12.3. The van der Waals surface area contributed by atoms with Crippen molar-refractivity contribution in [3.05, 3.63) is 54.4 Å². The molecule has 0 radical (unpaired) electrons. The van der Waals surface area contributed by atoms with Crippen molar-refractivity contribution < 1.29 is 4.79 Å². The molecular weight excluding hydrogens is 248 g/mol. The number of carbonyl (C=O) groups excluding carboxylic acids is 1. The molecule has 20 heavy (non-hydrogen) atoms. The van der Waals surface area contributed by atoms with Crippen LogP contribution in [0.4, 0.5) is 0 Å². The van der Waals surface area contributed by atoms with Crippen LogP contribution in [0.1, 0.15) is 31.1 Å². The Balaban J connectivity index is 2.12. The molecule has 0 unspecified atom stereocenters. The predicted molar refractivity (Wildman–Crippen MR) is 82.2 cm³/mol. The molecule has 0 aliphatic heterocycles. The minimum atomic E-state index is 0.0685. The van der Waals surface area contributed by atoms with Gasteiger partial charge in [-0.15, -0.1) is 0 Å². The molecule has 0 N–H and O–H groups in total. The lowest BCUT2D eigenvalue weighted by Gasteiger charge is -2.26. The van der Waals surface area contributed by atoms with Crippen molar-refractivity contribution in [3.63, 3.8) is 0 Å². The first-order valence-corrected chi connectivity index (χ1v) is 6.86. The van der Waals surface area contributed by atoms with Crippen LogP contribution in [0, 0.1) is 5.41 Å². The minimum Gasteiger partial charge on any atom is -0.341 e. The molecule has 0 fully saturated rings. The fourth-order valence-electron chi connectivity index (χ4n) is 2.29. The molecule has 1 aromatic carbocycles. The molecule has 3 nitrogen and oxygen atoms in total. The Hall–Kier alpha value is -2.03. The summed E-state index contributed by atoms with van der Waals surface area (Å²) >= 11 is 0. The van der Waals surface area contributed by atoms with Crippen LogP contribution in [0.2, 0.25) is 0 Å². The first-order chi connectivity index (χ1) is 9.37. The Morgan fingerprint density at radius 1 is 1.10 bits per heavy atom. The summed E-state index contributed by atoms with van der Waals surface area (Å²) in [5.41, 5.74) is 1.90. The Morgan fingerprint density at radius 3 is 2.15 bits per heavy atom. The Morgan fingerprint density at radius 2 is 1.65 bits per heavy atom. The third kappa shape index (κ3) is 3.50. The number of hydrogen-bond donors (Lipinski definition) is 0. The SMILES string of the molecule is CN(CC(C)(C)C)C(=O)c1ccc(-n2cccc2)cc1. The number of aromatic nitrogens is 1. The van der Waals surface area contributed by atoms with Crippen LogP contribution >= 0.6 is 0 Å². The van der Waals surface area contributed by atoms with Crippen molar-refractivity contribution in [1.82, 2.24) is 9.47 Å². The van der Waals surface area contributed by atoms with E-state index in [0.29, 0.717) is 0 Å². The Bertz CT molecular complexity index is 562. The largest absolute Gasteiger partial charge is 0.341 e. The zero-order valence-electron chi connectivity index (χ0n) is 12.6. The van der Waals surface area contributed by atoms with Crippen molar-refractivity contribution in [3.8, 4) is 5.69 Å². The van der Waals surface area contributed by atoms with Gasteiger partial charge in [0.1, 0.15) is 0 Å². The van der Waals surface area contributed by atoms with Gasteiger partial charge in [-0.2, -0.15) is 0 Å². The zero-order valence-corrected chi connectivity index (χ0v) is 12.6.